The van der Waals surface area contributed by atoms with E-state index < -0.39 is 11.0 Å². The normalized spacial score (nSPS) is 24.2. The quantitative estimate of drug-likeness (QED) is 0.815. The van der Waals surface area contributed by atoms with Gasteiger partial charge >= 0.3 is 0 Å². The fraction of sp³-hybridized carbons (Fsp3) is 0.600. The summed E-state index contributed by atoms with van der Waals surface area (Å²) in [6, 6.07) is 5.46. The van der Waals surface area contributed by atoms with E-state index in [9.17, 15) is 4.79 Å². The van der Waals surface area contributed by atoms with Crippen molar-refractivity contribution in [3.63, 3.8) is 0 Å². The Morgan fingerprint density at radius 3 is 2.63 bits per heavy atom. The lowest BCUT2D eigenvalue weighted by Crippen LogP contribution is -2.74. The first kappa shape index (κ1) is 21.7. The van der Waals surface area contributed by atoms with Crippen LogP contribution in [0.3, 0.4) is 0 Å². The minimum atomic E-state index is -0.956. The van der Waals surface area contributed by atoms with E-state index in [-0.39, 0.29) is 29.8 Å². The number of amides is 1. The first-order valence-corrected chi connectivity index (χ1v) is 9.12. The van der Waals surface area contributed by atoms with Crippen LogP contribution in [0.2, 0.25) is 0 Å². The minimum Gasteiger partial charge on any atom is -0.440 e. The van der Waals surface area contributed by atoms with Gasteiger partial charge in [0.1, 0.15) is 11.1 Å². The van der Waals surface area contributed by atoms with Crippen LogP contribution in [0.25, 0.3) is 11.1 Å². The second-order valence-corrected chi connectivity index (χ2v) is 8.75. The van der Waals surface area contributed by atoms with E-state index in [0.717, 1.165) is 5.52 Å². The molecule has 0 aliphatic heterocycles. The Morgan fingerprint density at radius 2 is 2.07 bits per heavy atom. The number of hydrogen-bond donors (Lipinski definition) is 2. The molecule has 1 amide bonds. The molecule has 1 aromatic heterocycles. The summed E-state index contributed by atoms with van der Waals surface area (Å²) in [6.45, 7) is 12.7. The van der Waals surface area contributed by atoms with Gasteiger partial charge in [-0.3, -0.25) is 4.79 Å². The first-order chi connectivity index (χ1) is 12.0. The molecule has 1 aromatic carbocycles. The molecule has 1 heterocycles. The van der Waals surface area contributed by atoms with Crippen LogP contribution in [-0.4, -0.2) is 29.1 Å². The summed E-state index contributed by atoms with van der Waals surface area (Å²) in [4.78, 5) is 17.4. The maximum Gasteiger partial charge on any atom is 0.245 e. The molecule has 27 heavy (non-hydrogen) atoms. The third-order valence-electron chi connectivity index (χ3n) is 5.52. The number of nitrogens with zero attached hydrogens (tertiary/aromatic N) is 1. The van der Waals surface area contributed by atoms with Gasteiger partial charge in [-0.15, -0.1) is 12.4 Å². The monoisotopic (exact) mass is 395 g/mol. The van der Waals surface area contributed by atoms with Gasteiger partial charge in [0.25, 0.3) is 0 Å². The largest absolute Gasteiger partial charge is 0.440 e. The second-order valence-electron chi connectivity index (χ2n) is 8.75. The van der Waals surface area contributed by atoms with Gasteiger partial charge in [0.2, 0.25) is 11.8 Å². The predicted molar refractivity (Wildman–Crippen MR) is 109 cm³/mol. The number of halogens is 1. The molecule has 2 unspecified atom stereocenters. The van der Waals surface area contributed by atoms with Crippen LogP contribution < -0.4 is 11.1 Å². The highest BCUT2D eigenvalue weighted by molar-refractivity contribution is 6.00. The minimum absolute atomic E-state index is 0. The Bertz CT molecular complexity index is 841. The highest BCUT2D eigenvalue weighted by Crippen LogP contribution is 2.50. The molecule has 1 aliphatic rings. The van der Waals surface area contributed by atoms with Crippen molar-refractivity contribution in [1.29, 1.82) is 0 Å². The number of nitrogens with two attached hydrogens (primary N) is 1. The molecule has 1 aliphatic carbocycles. The van der Waals surface area contributed by atoms with Crippen molar-refractivity contribution >= 4 is 35.1 Å². The van der Waals surface area contributed by atoms with Crippen molar-refractivity contribution < 1.29 is 13.9 Å². The van der Waals surface area contributed by atoms with E-state index in [0.29, 0.717) is 30.2 Å². The highest BCUT2D eigenvalue weighted by atomic mass is 35.5. The van der Waals surface area contributed by atoms with Crippen molar-refractivity contribution in [3.05, 3.63) is 24.1 Å². The van der Waals surface area contributed by atoms with Crippen molar-refractivity contribution in [2.75, 3.05) is 11.9 Å². The number of nitrogens with one attached hydrogen (secondary N) is 1. The van der Waals surface area contributed by atoms with Crippen LogP contribution in [-0.2, 0) is 14.9 Å². The zero-order valence-corrected chi connectivity index (χ0v) is 17.7. The topological polar surface area (TPSA) is 90.4 Å². The summed E-state index contributed by atoms with van der Waals surface area (Å²) < 4.78 is 11.5. The summed E-state index contributed by atoms with van der Waals surface area (Å²) in [7, 11) is 0. The number of ether oxygens (including phenoxy) is 1. The zero-order chi connectivity index (χ0) is 19.3. The molecular weight excluding hydrogens is 366 g/mol. The molecule has 150 valence electrons. The average Bonchev–Trinajstić information content (AvgIpc) is 2.98. The number of oxazole rings is 1. The van der Waals surface area contributed by atoms with Gasteiger partial charge in [0.15, 0.2) is 5.58 Å². The molecule has 2 atom stereocenters. The molecular formula is C20H30ClN3O3. The van der Waals surface area contributed by atoms with Gasteiger partial charge in [-0.2, -0.15) is 0 Å². The van der Waals surface area contributed by atoms with Crippen LogP contribution in [0.15, 0.2) is 22.6 Å². The molecule has 1 saturated carbocycles. The van der Waals surface area contributed by atoms with E-state index in [4.69, 9.17) is 14.9 Å². The van der Waals surface area contributed by atoms with Crippen molar-refractivity contribution in [2.45, 2.75) is 65.0 Å². The van der Waals surface area contributed by atoms with Gasteiger partial charge in [-0.25, -0.2) is 4.98 Å². The third-order valence-corrected chi connectivity index (χ3v) is 5.52. The van der Waals surface area contributed by atoms with Crippen molar-refractivity contribution in [1.82, 2.24) is 4.98 Å². The third kappa shape index (κ3) is 3.58. The molecule has 0 radical (unpaired) electrons. The maximum atomic E-state index is 12.8. The van der Waals surface area contributed by atoms with E-state index >= 15 is 0 Å². The summed E-state index contributed by atoms with van der Waals surface area (Å²) in [6.07, 6.45) is 0.510. The van der Waals surface area contributed by atoms with Gasteiger partial charge in [-0.1, -0.05) is 34.6 Å². The number of hydrogen-bond acceptors (Lipinski definition) is 5. The summed E-state index contributed by atoms with van der Waals surface area (Å²) in [5.41, 5.74) is 6.97. The lowest BCUT2D eigenvalue weighted by Gasteiger charge is -2.57. The van der Waals surface area contributed by atoms with Gasteiger partial charge < -0.3 is 20.2 Å². The Morgan fingerprint density at radius 1 is 1.41 bits per heavy atom. The van der Waals surface area contributed by atoms with Gasteiger partial charge in [0.05, 0.1) is 6.10 Å². The summed E-state index contributed by atoms with van der Waals surface area (Å²) in [5.74, 6) is 0.475. The fourth-order valence-electron chi connectivity index (χ4n) is 3.39. The van der Waals surface area contributed by atoms with Crippen LogP contribution in [0, 0.1) is 5.41 Å². The lowest BCUT2D eigenvalue weighted by atomic mass is 9.54. The van der Waals surface area contributed by atoms with Gasteiger partial charge in [-0.05, 0) is 25.1 Å². The SMILES string of the molecule is CCOC1CC(N)(C(=O)Nc2ccc3oc(C(C)(C)C)nc3c2)C1(C)C.Cl. The smallest absolute Gasteiger partial charge is 0.245 e. The highest BCUT2D eigenvalue weighted by Gasteiger charge is 2.62. The Balaban J connectivity index is 0.00000261. The van der Waals surface area contributed by atoms with Crippen molar-refractivity contribution in [3.8, 4) is 0 Å². The zero-order valence-electron chi connectivity index (χ0n) is 16.9. The van der Waals surface area contributed by atoms with E-state index in [1.165, 1.54) is 0 Å². The molecule has 0 spiro atoms. The second kappa shape index (κ2) is 7.08. The molecule has 3 N–H and O–H groups in total. The Hall–Kier alpha value is -1.63. The van der Waals surface area contributed by atoms with E-state index in [1.54, 1.807) is 0 Å². The number of fused-ring (bicyclic) bond motifs is 1. The van der Waals surface area contributed by atoms with Crippen LogP contribution in [0.4, 0.5) is 5.69 Å². The molecule has 0 saturated heterocycles. The van der Waals surface area contributed by atoms with Gasteiger partial charge in [0, 0.05) is 29.5 Å². The molecule has 7 heteroatoms. The van der Waals surface area contributed by atoms with E-state index in [2.05, 4.69) is 10.3 Å². The van der Waals surface area contributed by atoms with Crippen LogP contribution >= 0.6 is 12.4 Å². The van der Waals surface area contributed by atoms with Crippen LogP contribution in [0.5, 0.6) is 0 Å². The number of benzene rings is 1. The number of carbonyl (C=O) groups is 1. The number of carbonyl (C=O) groups excluding carboxylic acids is 1. The summed E-state index contributed by atoms with van der Waals surface area (Å²) in [5, 5.41) is 2.94. The van der Waals surface area contributed by atoms with E-state index in [1.807, 2.05) is 59.7 Å². The molecule has 2 aromatic rings. The first-order valence-electron chi connectivity index (χ1n) is 9.12. The summed E-state index contributed by atoms with van der Waals surface area (Å²) >= 11 is 0. The lowest BCUT2D eigenvalue weighted by molar-refractivity contribution is -0.166. The molecule has 6 nitrogen and oxygen atoms in total. The Labute approximate surface area is 166 Å². The Kier molecular flexibility index (Phi) is 5.68. The number of anilines is 1. The standard InChI is InChI=1S/C20H29N3O3.ClH/c1-7-25-15-11-20(21,19(15,5)6)16(24)22-12-8-9-14-13(10-12)23-17(26-14)18(2,3)4;/h8-10,15H,7,11,21H2,1-6H3,(H,22,24);1H. The fourth-order valence-corrected chi connectivity index (χ4v) is 3.39. The number of aromatic nitrogens is 1. The molecule has 0 bridgehead atoms. The predicted octanol–water partition coefficient (Wildman–Crippen LogP) is 4.02. The van der Waals surface area contributed by atoms with Crippen molar-refractivity contribution in [2.24, 2.45) is 11.1 Å². The average molecular weight is 396 g/mol. The number of rotatable bonds is 4. The molecule has 3 rings (SSSR count). The van der Waals surface area contributed by atoms with Crippen LogP contribution in [0.1, 0.15) is 53.9 Å². The maximum absolute atomic E-state index is 12.8. The molecule has 1 fully saturated rings.